The molecule has 0 aliphatic carbocycles. The van der Waals surface area contributed by atoms with Gasteiger partial charge in [0.2, 0.25) is 0 Å². The Kier molecular flexibility index (Phi) is 5.43. The highest BCUT2D eigenvalue weighted by Crippen LogP contribution is 2.38. The number of nitrogens with zero attached hydrogens (tertiary/aromatic N) is 2. The standard InChI is InChI=1S/C23H17F4N3O2/c1-28-9-11-4-3-5-12(6-11)16-18(24)20(26)17(21(27)19(16)25)13-7-14(23(31)32)22-15(8-13)29-10-30(22)2/h3-8,10,28H,9H2,1-2H3,(H,31,32). The SMILES string of the molecule is CNCc1cccc(-c2c(F)c(F)c(-c3cc(C(=O)O)c4c(c3)ncn4C)c(F)c2F)c1. The normalized spacial score (nSPS) is 11.3. The van der Waals surface area contributed by atoms with Crippen LogP contribution in [0.2, 0.25) is 0 Å². The van der Waals surface area contributed by atoms with Gasteiger partial charge in [-0.1, -0.05) is 18.2 Å². The monoisotopic (exact) mass is 443 g/mol. The fourth-order valence-corrected chi connectivity index (χ4v) is 3.78. The average Bonchev–Trinajstić information content (AvgIpc) is 3.13. The van der Waals surface area contributed by atoms with Crippen molar-refractivity contribution < 1.29 is 27.5 Å². The number of benzene rings is 3. The van der Waals surface area contributed by atoms with E-state index in [2.05, 4.69) is 10.3 Å². The molecule has 0 fully saturated rings. The van der Waals surface area contributed by atoms with E-state index in [-0.39, 0.29) is 27.7 Å². The molecule has 9 heteroatoms. The fraction of sp³-hybridized carbons (Fsp3) is 0.130. The third kappa shape index (κ3) is 3.40. The van der Waals surface area contributed by atoms with E-state index in [1.54, 1.807) is 20.2 Å². The second-order valence-electron chi connectivity index (χ2n) is 7.29. The molecule has 0 aliphatic heterocycles. The number of nitrogens with one attached hydrogen (secondary N) is 1. The Bertz CT molecular complexity index is 1350. The molecule has 4 rings (SSSR count). The Morgan fingerprint density at radius 1 is 1.00 bits per heavy atom. The molecule has 0 aliphatic rings. The first-order valence-electron chi connectivity index (χ1n) is 9.53. The van der Waals surface area contributed by atoms with E-state index < -0.39 is 40.4 Å². The number of imidazole rings is 1. The quantitative estimate of drug-likeness (QED) is 0.341. The van der Waals surface area contributed by atoms with Gasteiger partial charge in [0.1, 0.15) is 0 Å². The maximum Gasteiger partial charge on any atom is 0.337 e. The van der Waals surface area contributed by atoms with E-state index in [0.717, 1.165) is 6.07 Å². The summed E-state index contributed by atoms with van der Waals surface area (Å²) in [5, 5.41) is 12.4. The minimum Gasteiger partial charge on any atom is -0.478 e. The van der Waals surface area contributed by atoms with Gasteiger partial charge in [-0.25, -0.2) is 27.3 Å². The predicted molar refractivity (Wildman–Crippen MR) is 111 cm³/mol. The maximum absolute atomic E-state index is 15.1. The molecule has 164 valence electrons. The highest BCUT2D eigenvalue weighted by Gasteiger charge is 2.28. The van der Waals surface area contributed by atoms with Gasteiger partial charge in [-0.15, -0.1) is 0 Å². The van der Waals surface area contributed by atoms with Crippen LogP contribution in [0.15, 0.2) is 42.7 Å². The van der Waals surface area contributed by atoms with Gasteiger partial charge in [-0.2, -0.15) is 0 Å². The summed E-state index contributed by atoms with van der Waals surface area (Å²) in [5.41, 5.74) is -1.50. The molecule has 5 nitrogen and oxygen atoms in total. The second-order valence-corrected chi connectivity index (χ2v) is 7.29. The van der Waals surface area contributed by atoms with Crippen LogP contribution >= 0.6 is 0 Å². The number of carboxylic acids is 1. The minimum absolute atomic E-state index is 0.0245. The molecular formula is C23H17F4N3O2. The topological polar surface area (TPSA) is 67.2 Å². The van der Waals surface area contributed by atoms with Gasteiger partial charge >= 0.3 is 5.97 Å². The maximum atomic E-state index is 15.1. The molecule has 0 amide bonds. The van der Waals surface area contributed by atoms with E-state index in [0.29, 0.717) is 12.1 Å². The van der Waals surface area contributed by atoms with E-state index in [1.165, 1.54) is 35.2 Å². The van der Waals surface area contributed by atoms with Crippen LogP contribution in [-0.2, 0) is 13.6 Å². The van der Waals surface area contributed by atoms with Crippen molar-refractivity contribution in [3.63, 3.8) is 0 Å². The van der Waals surface area contributed by atoms with Crippen molar-refractivity contribution >= 4 is 17.0 Å². The lowest BCUT2D eigenvalue weighted by Crippen LogP contribution is -2.07. The van der Waals surface area contributed by atoms with Crippen molar-refractivity contribution in [3.8, 4) is 22.3 Å². The third-order valence-electron chi connectivity index (χ3n) is 5.19. The van der Waals surface area contributed by atoms with Crippen molar-refractivity contribution in [1.29, 1.82) is 0 Å². The van der Waals surface area contributed by atoms with Crippen molar-refractivity contribution in [2.75, 3.05) is 7.05 Å². The van der Waals surface area contributed by atoms with Crippen LogP contribution in [0.1, 0.15) is 15.9 Å². The Hall–Kier alpha value is -3.72. The van der Waals surface area contributed by atoms with Crippen LogP contribution in [0, 0.1) is 23.3 Å². The molecule has 0 unspecified atom stereocenters. The number of halogens is 4. The zero-order chi connectivity index (χ0) is 23.2. The molecule has 2 N–H and O–H groups in total. The van der Waals surface area contributed by atoms with Crippen LogP contribution in [0.5, 0.6) is 0 Å². The van der Waals surface area contributed by atoms with Gasteiger partial charge in [-0.05, 0) is 41.9 Å². The summed E-state index contributed by atoms with van der Waals surface area (Å²) < 4.78 is 61.7. The summed E-state index contributed by atoms with van der Waals surface area (Å²) in [6.07, 6.45) is 1.33. The predicted octanol–water partition coefficient (Wildman–Crippen LogP) is 4.88. The van der Waals surface area contributed by atoms with Crippen molar-refractivity contribution in [1.82, 2.24) is 14.9 Å². The molecule has 0 spiro atoms. The zero-order valence-corrected chi connectivity index (χ0v) is 17.0. The largest absolute Gasteiger partial charge is 0.478 e. The Balaban J connectivity index is 1.97. The lowest BCUT2D eigenvalue weighted by molar-refractivity contribution is 0.0698. The van der Waals surface area contributed by atoms with Crippen molar-refractivity contribution in [2.24, 2.45) is 7.05 Å². The average molecular weight is 443 g/mol. The molecule has 0 saturated heterocycles. The summed E-state index contributed by atoms with van der Waals surface area (Å²) in [7, 11) is 3.24. The first-order valence-corrected chi connectivity index (χ1v) is 9.53. The first-order chi connectivity index (χ1) is 15.2. The fourth-order valence-electron chi connectivity index (χ4n) is 3.78. The zero-order valence-electron chi connectivity index (χ0n) is 17.0. The van der Waals surface area contributed by atoms with E-state index >= 15 is 17.6 Å². The van der Waals surface area contributed by atoms with Gasteiger partial charge in [-0.3, -0.25) is 0 Å². The van der Waals surface area contributed by atoms with Crippen LogP contribution in [-0.4, -0.2) is 27.7 Å². The van der Waals surface area contributed by atoms with Crippen LogP contribution in [0.25, 0.3) is 33.3 Å². The van der Waals surface area contributed by atoms with Gasteiger partial charge < -0.3 is 15.0 Å². The third-order valence-corrected chi connectivity index (χ3v) is 5.19. The Morgan fingerprint density at radius 3 is 2.22 bits per heavy atom. The summed E-state index contributed by atoms with van der Waals surface area (Å²) >= 11 is 0. The number of aromatic carboxylic acids is 1. The summed E-state index contributed by atoms with van der Waals surface area (Å²) in [6.45, 7) is 0.391. The molecule has 0 atom stereocenters. The van der Waals surface area contributed by atoms with E-state index in [9.17, 15) is 9.90 Å². The number of carbonyl (C=O) groups is 1. The van der Waals surface area contributed by atoms with E-state index in [4.69, 9.17) is 0 Å². The van der Waals surface area contributed by atoms with E-state index in [1.807, 2.05) is 0 Å². The molecular weight excluding hydrogens is 426 g/mol. The molecule has 32 heavy (non-hydrogen) atoms. The molecule has 4 aromatic rings. The van der Waals surface area contributed by atoms with Crippen LogP contribution in [0.3, 0.4) is 0 Å². The van der Waals surface area contributed by atoms with Crippen LogP contribution < -0.4 is 5.32 Å². The first kappa shape index (κ1) is 21.5. The lowest BCUT2D eigenvalue weighted by Gasteiger charge is -2.14. The molecule has 3 aromatic carbocycles. The molecule has 1 aromatic heterocycles. The highest BCUT2D eigenvalue weighted by atomic mass is 19.2. The van der Waals surface area contributed by atoms with Crippen LogP contribution in [0.4, 0.5) is 17.6 Å². The van der Waals surface area contributed by atoms with Crippen molar-refractivity contribution in [3.05, 3.63) is 77.1 Å². The smallest absolute Gasteiger partial charge is 0.337 e. The molecule has 0 saturated carbocycles. The number of fused-ring (bicyclic) bond motifs is 1. The number of rotatable bonds is 5. The highest BCUT2D eigenvalue weighted by molar-refractivity contribution is 6.03. The Morgan fingerprint density at radius 2 is 1.62 bits per heavy atom. The van der Waals surface area contributed by atoms with Gasteiger partial charge in [0, 0.05) is 13.6 Å². The number of aryl methyl sites for hydroxylation is 1. The second kappa shape index (κ2) is 8.08. The minimum atomic E-state index is -1.62. The summed E-state index contributed by atoms with van der Waals surface area (Å²) in [5.74, 6) is -7.76. The molecule has 0 radical (unpaired) electrons. The molecule has 0 bridgehead atoms. The molecule has 1 heterocycles. The number of aromatic nitrogens is 2. The number of hydrogen-bond acceptors (Lipinski definition) is 3. The van der Waals surface area contributed by atoms with Gasteiger partial charge in [0.15, 0.2) is 23.3 Å². The Labute approximate surface area is 179 Å². The van der Waals surface area contributed by atoms with Gasteiger partial charge in [0.25, 0.3) is 0 Å². The number of carboxylic acid groups (broad SMARTS) is 1. The van der Waals surface area contributed by atoms with Crippen molar-refractivity contribution in [2.45, 2.75) is 6.54 Å². The summed E-state index contributed by atoms with van der Waals surface area (Å²) in [4.78, 5) is 15.7. The van der Waals surface area contributed by atoms with Gasteiger partial charge in [0.05, 0.1) is 34.1 Å². The number of hydrogen-bond donors (Lipinski definition) is 2. The lowest BCUT2D eigenvalue weighted by atomic mass is 9.95. The summed E-state index contributed by atoms with van der Waals surface area (Å²) in [6, 6.07) is 8.17.